The zero-order chi connectivity index (χ0) is 24.5. The second-order valence-corrected chi connectivity index (χ2v) is 10.4. The van der Waals surface area contributed by atoms with Crippen LogP contribution in [-0.2, 0) is 15.6 Å². The number of aliphatic hydroxyl groups is 1. The molecular weight excluding hydrogens is 486 g/mol. The minimum absolute atomic E-state index is 0.0563. The summed E-state index contributed by atoms with van der Waals surface area (Å²) in [5, 5.41) is 13.4. The van der Waals surface area contributed by atoms with E-state index in [-0.39, 0.29) is 47.1 Å². The maximum atomic E-state index is 13.3. The molecular formula is C24H21ClF2N2O4S. The molecule has 1 fully saturated rings. The second kappa shape index (κ2) is 9.42. The Morgan fingerprint density at radius 2 is 1.68 bits per heavy atom. The summed E-state index contributed by atoms with van der Waals surface area (Å²) in [6.45, 7) is 0.113. The van der Waals surface area contributed by atoms with Gasteiger partial charge >= 0.3 is 0 Å². The first kappa shape index (κ1) is 24.3. The lowest BCUT2D eigenvalue weighted by Crippen LogP contribution is -2.45. The maximum absolute atomic E-state index is 13.3. The van der Waals surface area contributed by atoms with E-state index in [1.807, 2.05) is 0 Å². The van der Waals surface area contributed by atoms with Gasteiger partial charge in [0.15, 0.2) is 0 Å². The van der Waals surface area contributed by atoms with E-state index in [1.165, 1.54) is 65.0 Å². The number of rotatable bonds is 5. The number of piperidine rings is 1. The highest BCUT2D eigenvalue weighted by molar-refractivity contribution is 7.89. The first-order valence-corrected chi connectivity index (χ1v) is 12.3. The molecule has 0 atom stereocenters. The zero-order valence-electron chi connectivity index (χ0n) is 17.8. The van der Waals surface area contributed by atoms with Crippen LogP contribution in [0.25, 0.3) is 0 Å². The Kier molecular flexibility index (Phi) is 6.73. The Balaban J connectivity index is 1.48. The van der Waals surface area contributed by atoms with E-state index in [4.69, 9.17) is 11.6 Å². The normalized spacial score (nSPS) is 16.2. The van der Waals surface area contributed by atoms with Gasteiger partial charge in [-0.15, -0.1) is 0 Å². The number of carbonyl (C=O) groups excluding carboxylic acids is 1. The highest BCUT2D eigenvalue weighted by atomic mass is 35.5. The summed E-state index contributed by atoms with van der Waals surface area (Å²) in [5.41, 5.74) is -0.356. The molecule has 4 rings (SSSR count). The lowest BCUT2D eigenvalue weighted by molar-refractivity contribution is -0.00966. The van der Waals surface area contributed by atoms with Gasteiger partial charge in [-0.2, -0.15) is 4.31 Å². The highest BCUT2D eigenvalue weighted by Gasteiger charge is 2.38. The van der Waals surface area contributed by atoms with Gasteiger partial charge in [0.25, 0.3) is 5.91 Å². The molecule has 0 saturated carbocycles. The van der Waals surface area contributed by atoms with Gasteiger partial charge in [-0.25, -0.2) is 17.2 Å². The molecule has 0 unspecified atom stereocenters. The van der Waals surface area contributed by atoms with Gasteiger partial charge in [0.05, 0.1) is 15.5 Å². The van der Waals surface area contributed by atoms with Crippen LogP contribution in [0.2, 0.25) is 5.02 Å². The van der Waals surface area contributed by atoms with E-state index in [9.17, 15) is 27.1 Å². The van der Waals surface area contributed by atoms with Crippen LogP contribution >= 0.6 is 11.6 Å². The number of hydrogen-bond acceptors (Lipinski definition) is 4. The van der Waals surface area contributed by atoms with E-state index in [1.54, 1.807) is 0 Å². The van der Waals surface area contributed by atoms with Crippen LogP contribution in [0.4, 0.5) is 14.5 Å². The molecule has 0 aliphatic carbocycles. The minimum atomic E-state index is -3.93. The van der Waals surface area contributed by atoms with Crippen LogP contribution in [0.1, 0.15) is 28.8 Å². The van der Waals surface area contributed by atoms with Crippen LogP contribution < -0.4 is 5.32 Å². The van der Waals surface area contributed by atoms with E-state index in [0.717, 1.165) is 6.07 Å². The molecule has 1 aliphatic rings. The zero-order valence-corrected chi connectivity index (χ0v) is 19.4. The smallest absolute Gasteiger partial charge is 0.255 e. The maximum Gasteiger partial charge on any atom is 0.255 e. The third-order valence-corrected chi connectivity index (χ3v) is 8.03. The molecule has 0 radical (unpaired) electrons. The predicted octanol–water partition coefficient (Wildman–Crippen LogP) is 4.54. The molecule has 6 nitrogen and oxygen atoms in total. The van der Waals surface area contributed by atoms with Gasteiger partial charge in [0.1, 0.15) is 11.6 Å². The van der Waals surface area contributed by atoms with Crippen molar-refractivity contribution in [3.63, 3.8) is 0 Å². The molecule has 178 valence electrons. The Hall–Kier alpha value is -2.85. The van der Waals surface area contributed by atoms with Crippen LogP contribution in [-0.4, -0.2) is 36.8 Å². The van der Waals surface area contributed by atoms with Crippen LogP contribution in [0.5, 0.6) is 0 Å². The largest absolute Gasteiger partial charge is 0.385 e. The standard InChI is InChI=1S/C24H21ClF2N2O4S/c25-21-15-19(8-9-22(21)27)28-23(30)16-2-1-3-20(14-16)34(32,33)29-12-10-24(31,11-13-29)17-4-6-18(26)7-5-17/h1-9,14-15,31H,10-13H2,(H,28,30). The number of sulfonamides is 1. The van der Waals surface area contributed by atoms with Crippen molar-refractivity contribution < 1.29 is 27.1 Å². The first-order valence-electron chi connectivity index (χ1n) is 10.4. The van der Waals surface area contributed by atoms with Gasteiger partial charge in [-0.05, 0) is 66.9 Å². The van der Waals surface area contributed by atoms with Crippen molar-refractivity contribution in [1.29, 1.82) is 0 Å². The second-order valence-electron chi connectivity index (χ2n) is 8.05. The molecule has 10 heteroatoms. The predicted molar refractivity (Wildman–Crippen MR) is 124 cm³/mol. The van der Waals surface area contributed by atoms with Crippen molar-refractivity contribution in [3.05, 3.63) is 94.5 Å². The number of hydrogen-bond donors (Lipinski definition) is 2. The van der Waals surface area contributed by atoms with Crippen LogP contribution in [0, 0.1) is 11.6 Å². The van der Waals surface area contributed by atoms with Gasteiger partial charge in [-0.1, -0.05) is 29.8 Å². The van der Waals surface area contributed by atoms with Crippen LogP contribution in [0.15, 0.2) is 71.6 Å². The van der Waals surface area contributed by atoms with Gasteiger partial charge in [-0.3, -0.25) is 4.79 Å². The summed E-state index contributed by atoms with van der Waals surface area (Å²) in [6.07, 6.45) is 0.284. The molecule has 1 amide bonds. The van der Waals surface area contributed by atoms with Gasteiger partial charge in [0.2, 0.25) is 10.0 Å². The number of halogens is 3. The number of nitrogens with zero attached hydrogens (tertiary/aromatic N) is 1. The van der Waals surface area contributed by atoms with E-state index >= 15 is 0 Å². The fourth-order valence-electron chi connectivity index (χ4n) is 3.87. The topological polar surface area (TPSA) is 86.7 Å². The number of nitrogens with one attached hydrogen (secondary N) is 1. The number of amides is 1. The summed E-state index contributed by atoms with van der Waals surface area (Å²) >= 11 is 5.73. The summed E-state index contributed by atoms with van der Waals surface area (Å²) in [4.78, 5) is 12.6. The Morgan fingerprint density at radius 1 is 1.00 bits per heavy atom. The monoisotopic (exact) mass is 506 g/mol. The third kappa shape index (κ3) is 4.97. The summed E-state index contributed by atoms with van der Waals surface area (Å²) in [5.74, 6) is -1.62. The Morgan fingerprint density at radius 3 is 2.32 bits per heavy atom. The summed E-state index contributed by atoms with van der Waals surface area (Å²) < 4.78 is 54.2. The molecule has 1 saturated heterocycles. The van der Waals surface area contributed by atoms with Crippen LogP contribution in [0.3, 0.4) is 0 Å². The number of anilines is 1. The highest BCUT2D eigenvalue weighted by Crippen LogP contribution is 2.35. The van der Waals surface area contributed by atoms with Gasteiger partial charge in [0, 0.05) is 24.3 Å². The lowest BCUT2D eigenvalue weighted by Gasteiger charge is -2.37. The fraction of sp³-hybridized carbons (Fsp3) is 0.208. The molecule has 1 aliphatic heterocycles. The average Bonchev–Trinajstić information content (AvgIpc) is 2.82. The minimum Gasteiger partial charge on any atom is -0.385 e. The third-order valence-electron chi connectivity index (χ3n) is 5.84. The lowest BCUT2D eigenvalue weighted by atomic mass is 9.85. The van der Waals surface area contributed by atoms with Crippen molar-refractivity contribution in [3.8, 4) is 0 Å². The molecule has 0 bridgehead atoms. The van der Waals surface area contributed by atoms with Crippen molar-refractivity contribution in [2.24, 2.45) is 0 Å². The Labute approximate surface area is 200 Å². The quantitative estimate of drug-likeness (QED) is 0.532. The number of carbonyl (C=O) groups is 1. The SMILES string of the molecule is O=C(Nc1ccc(F)c(Cl)c1)c1cccc(S(=O)(=O)N2CCC(O)(c3ccc(F)cc3)CC2)c1. The first-order chi connectivity index (χ1) is 16.1. The Bertz CT molecular complexity index is 1330. The molecule has 3 aromatic rings. The number of benzene rings is 3. The van der Waals surface area contributed by atoms with Crippen molar-refractivity contribution in [2.75, 3.05) is 18.4 Å². The summed E-state index contributed by atoms with van der Waals surface area (Å²) in [6, 6.07) is 14.8. The average molecular weight is 507 g/mol. The molecule has 3 aromatic carbocycles. The van der Waals surface area contributed by atoms with E-state index in [0.29, 0.717) is 5.56 Å². The van der Waals surface area contributed by atoms with Crippen molar-refractivity contribution in [1.82, 2.24) is 4.31 Å². The summed E-state index contributed by atoms with van der Waals surface area (Å²) in [7, 11) is -3.93. The van der Waals surface area contributed by atoms with Crippen molar-refractivity contribution in [2.45, 2.75) is 23.3 Å². The van der Waals surface area contributed by atoms with Crippen molar-refractivity contribution >= 4 is 33.2 Å². The van der Waals surface area contributed by atoms with E-state index < -0.39 is 33.2 Å². The van der Waals surface area contributed by atoms with E-state index in [2.05, 4.69) is 5.32 Å². The molecule has 2 N–H and O–H groups in total. The van der Waals surface area contributed by atoms with Gasteiger partial charge < -0.3 is 10.4 Å². The molecule has 1 heterocycles. The molecule has 0 spiro atoms. The molecule has 0 aromatic heterocycles. The fourth-order valence-corrected chi connectivity index (χ4v) is 5.54. The molecule has 34 heavy (non-hydrogen) atoms.